The number of pyridine rings is 1. The van der Waals surface area contributed by atoms with Crippen molar-refractivity contribution in [3.8, 4) is 0 Å². The van der Waals surface area contributed by atoms with E-state index in [1.807, 2.05) is 29.4 Å². The van der Waals surface area contributed by atoms with Crippen molar-refractivity contribution in [2.24, 2.45) is 11.8 Å². The van der Waals surface area contributed by atoms with Gasteiger partial charge in [-0.1, -0.05) is 12.2 Å². The van der Waals surface area contributed by atoms with Gasteiger partial charge in [-0.25, -0.2) is 0 Å². The van der Waals surface area contributed by atoms with Crippen LogP contribution in [0.4, 0.5) is 0 Å². The van der Waals surface area contributed by atoms with E-state index in [2.05, 4.69) is 17.1 Å². The molecule has 1 spiro atoms. The number of nitrogens with zero attached hydrogens (tertiary/aromatic N) is 3. The predicted molar refractivity (Wildman–Crippen MR) is 94.2 cm³/mol. The van der Waals surface area contributed by atoms with Crippen LogP contribution in [0.1, 0.15) is 24.3 Å². The Balaban J connectivity index is 1.31. The Morgan fingerprint density at radius 3 is 2.73 bits per heavy atom. The third kappa shape index (κ3) is 2.18. The van der Waals surface area contributed by atoms with Crippen molar-refractivity contribution in [3.63, 3.8) is 0 Å². The van der Waals surface area contributed by atoms with Crippen LogP contribution in [-0.2, 0) is 14.3 Å². The molecule has 6 nitrogen and oxygen atoms in total. The van der Waals surface area contributed by atoms with Crippen LogP contribution >= 0.6 is 0 Å². The molecule has 4 aliphatic heterocycles. The lowest BCUT2D eigenvalue weighted by Crippen LogP contribution is -2.48. The summed E-state index contributed by atoms with van der Waals surface area (Å²) in [5.41, 5.74) is 0.719. The van der Waals surface area contributed by atoms with Gasteiger partial charge in [0.1, 0.15) is 5.60 Å². The molecule has 0 saturated carbocycles. The maximum Gasteiger partial charge on any atom is 0.229 e. The lowest BCUT2D eigenvalue weighted by Gasteiger charge is -2.35. The van der Waals surface area contributed by atoms with Crippen LogP contribution in [-0.4, -0.2) is 65.0 Å². The smallest absolute Gasteiger partial charge is 0.229 e. The fraction of sp³-hybridized carbons (Fsp3) is 0.550. The maximum atomic E-state index is 13.3. The summed E-state index contributed by atoms with van der Waals surface area (Å²) in [5, 5.41) is 0. The highest BCUT2D eigenvalue weighted by atomic mass is 16.5. The van der Waals surface area contributed by atoms with E-state index in [1.54, 1.807) is 11.9 Å². The Hall–Kier alpha value is -2.21. The molecule has 0 unspecified atom stereocenters. The second-order valence-corrected chi connectivity index (χ2v) is 7.97. The molecule has 3 fully saturated rings. The van der Waals surface area contributed by atoms with Crippen molar-refractivity contribution in [1.82, 2.24) is 14.8 Å². The Morgan fingerprint density at radius 1 is 1.27 bits per heavy atom. The summed E-state index contributed by atoms with van der Waals surface area (Å²) in [5.74, 6) is -0.114. The minimum absolute atomic E-state index is 0.0434. The third-order valence-electron chi connectivity index (χ3n) is 6.56. The molecule has 0 aliphatic carbocycles. The van der Waals surface area contributed by atoms with Crippen molar-refractivity contribution in [1.29, 1.82) is 0 Å². The second-order valence-electron chi connectivity index (χ2n) is 7.97. The zero-order valence-corrected chi connectivity index (χ0v) is 14.9. The predicted octanol–water partition coefficient (Wildman–Crippen LogP) is 1.20. The van der Waals surface area contributed by atoms with E-state index >= 15 is 0 Å². The molecular weight excluding hydrogens is 330 g/mol. The van der Waals surface area contributed by atoms with Gasteiger partial charge in [0.05, 0.1) is 24.5 Å². The number of fused-ring (bicyclic) bond motifs is 1. The number of aromatic nitrogens is 1. The molecule has 5 rings (SSSR count). The van der Waals surface area contributed by atoms with Crippen molar-refractivity contribution in [2.45, 2.75) is 30.5 Å². The van der Waals surface area contributed by atoms with Gasteiger partial charge >= 0.3 is 0 Å². The van der Waals surface area contributed by atoms with E-state index in [-0.39, 0.29) is 29.8 Å². The SMILES string of the molecule is CN1C[C@@]23C=C[C@@H](O2)[C@H](C(=O)N2CCC(c4ccncc4)CC2)[C@@H]3C1=O. The summed E-state index contributed by atoms with van der Waals surface area (Å²) in [6.45, 7) is 2.03. The van der Waals surface area contributed by atoms with Crippen LogP contribution in [0, 0.1) is 11.8 Å². The van der Waals surface area contributed by atoms with Gasteiger partial charge in [-0.3, -0.25) is 14.6 Å². The molecule has 4 aliphatic rings. The Bertz CT molecular complexity index is 772. The number of amides is 2. The fourth-order valence-electron chi connectivity index (χ4n) is 5.25. The Morgan fingerprint density at radius 2 is 2.00 bits per heavy atom. The highest BCUT2D eigenvalue weighted by Gasteiger charge is 2.66. The molecule has 1 aromatic rings. The van der Waals surface area contributed by atoms with E-state index in [1.165, 1.54) is 5.56 Å². The minimum atomic E-state index is -0.577. The Labute approximate surface area is 152 Å². The molecule has 136 valence electrons. The average molecular weight is 353 g/mol. The summed E-state index contributed by atoms with van der Waals surface area (Å²) in [6.07, 6.45) is 9.29. The number of piperidine rings is 1. The van der Waals surface area contributed by atoms with Crippen molar-refractivity contribution < 1.29 is 14.3 Å². The molecular formula is C20H23N3O3. The highest BCUT2D eigenvalue weighted by Crippen LogP contribution is 2.52. The number of likely N-dealkylation sites (N-methyl/N-ethyl adjacent to an activating group) is 1. The van der Waals surface area contributed by atoms with Gasteiger partial charge < -0.3 is 14.5 Å². The van der Waals surface area contributed by atoms with Crippen LogP contribution in [0.15, 0.2) is 36.7 Å². The number of hydrogen-bond donors (Lipinski definition) is 0. The lowest BCUT2D eigenvalue weighted by atomic mass is 9.76. The van der Waals surface area contributed by atoms with Gasteiger partial charge in [-0.15, -0.1) is 0 Å². The van der Waals surface area contributed by atoms with Crippen molar-refractivity contribution in [2.75, 3.05) is 26.7 Å². The van der Waals surface area contributed by atoms with E-state index in [4.69, 9.17) is 4.74 Å². The zero-order valence-electron chi connectivity index (χ0n) is 14.9. The van der Waals surface area contributed by atoms with Gasteiger partial charge in [-0.2, -0.15) is 0 Å². The Kier molecular flexibility index (Phi) is 3.47. The zero-order chi connectivity index (χ0) is 17.9. The van der Waals surface area contributed by atoms with Gasteiger partial charge in [0.15, 0.2) is 0 Å². The molecule has 0 aromatic carbocycles. The van der Waals surface area contributed by atoms with Crippen LogP contribution in [0.25, 0.3) is 0 Å². The molecule has 3 saturated heterocycles. The maximum absolute atomic E-state index is 13.3. The van der Waals surface area contributed by atoms with Crippen LogP contribution in [0.3, 0.4) is 0 Å². The third-order valence-corrected chi connectivity index (χ3v) is 6.56. The molecule has 6 heteroatoms. The average Bonchev–Trinajstić information content (AvgIpc) is 3.30. The molecule has 0 N–H and O–H groups in total. The van der Waals surface area contributed by atoms with Gasteiger partial charge in [0.25, 0.3) is 0 Å². The topological polar surface area (TPSA) is 62.7 Å². The largest absolute Gasteiger partial charge is 0.360 e. The van der Waals surface area contributed by atoms with Gasteiger partial charge in [0.2, 0.25) is 11.8 Å². The summed E-state index contributed by atoms with van der Waals surface area (Å²) in [6, 6.07) is 4.13. The number of hydrogen-bond acceptors (Lipinski definition) is 4. The molecule has 2 bridgehead atoms. The minimum Gasteiger partial charge on any atom is -0.360 e. The molecule has 0 radical (unpaired) electrons. The number of ether oxygens (including phenoxy) is 1. The standard InChI is InChI=1S/C20H23N3O3/c1-22-12-20-7-2-15(26-20)16(17(20)19(22)25)18(24)23-10-5-14(6-11-23)13-3-8-21-9-4-13/h2-4,7-9,14-17H,5-6,10-12H2,1H3/t15-,16+,17-,20-/m1/s1. The first-order valence-corrected chi connectivity index (χ1v) is 9.40. The number of rotatable bonds is 2. The lowest BCUT2D eigenvalue weighted by molar-refractivity contribution is -0.143. The summed E-state index contributed by atoms with van der Waals surface area (Å²) in [4.78, 5) is 33.6. The summed E-state index contributed by atoms with van der Waals surface area (Å²) in [7, 11) is 1.79. The quantitative estimate of drug-likeness (QED) is 0.750. The van der Waals surface area contributed by atoms with Crippen molar-refractivity contribution >= 4 is 11.8 Å². The molecule has 2 amide bonds. The number of carbonyl (C=O) groups is 2. The molecule has 4 atom stereocenters. The van der Waals surface area contributed by atoms with Gasteiger partial charge in [0, 0.05) is 32.5 Å². The molecule has 26 heavy (non-hydrogen) atoms. The first-order valence-electron chi connectivity index (χ1n) is 9.40. The number of likely N-dealkylation sites (tertiary alicyclic amines) is 2. The second kappa shape index (κ2) is 5.64. The van der Waals surface area contributed by atoms with Crippen molar-refractivity contribution in [3.05, 3.63) is 42.2 Å². The first kappa shape index (κ1) is 16.0. The monoisotopic (exact) mass is 353 g/mol. The summed E-state index contributed by atoms with van der Waals surface area (Å²) >= 11 is 0. The van der Waals surface area contributed by atoms with E-state index in [0.717, 1.165) is 25.9 Å². The summed E-state index contributed by atoms with van der Waals surface area (Å²) < 4.78 is 6.11. The first-order chi connectivity index (χ1) is 12.6. The normalized spacial score (nSPS) is 36.0. The van der Waals surface area contributed by atoms with Crippen LogP contribution < -0.4 is 0 Å². The van der Waals surface area contributed by atoms with E-state index in [9.17, 15) is 9.59 Å². The van der Waals surface area contributed by atoms with Crippen LogP contribution in [0.2, 0.25) is 0 Å². The van der Waals surface area contributed by atoms with E-state index in [0.29, 0.717) is 12.5 Å². The molecule has 5 heterocycles. The van der Waals surface area contributed by atoms with Gasteiger partial charge in [-0.05, 0) is 36.5 Å². The fourth-order valence-corrected chi connectivity index (χ4v) is 5.25. The van der Waals surface area contributed by atoms with Crippen LogP contribution in [0.5, 0.6) is 0 Å². The molecule has 1 aromatic heterocycles. The van der Waals surface area contributed by atoms with E-state index < -0.39 is 5.60 Å². The number of carbonyl (C=O) groups excluding carboxylic acids is 2. The highest BCUT2D eigenvalue weighted by molar-refractivity contribution is 5.92.